The van der Waals surface area contributed by atoms with Gasteiger partial charge in [-0.3, -0.25) is 47.8 Å². The molecule has 8 fully saturated rings. The topological polar surface area (TPSA) is 370 Å². The van der Waals surface area contributed by atoms with E-state index in [4.69, 9.17) is 18.9 Å². The van der Waals surface area contributed by atoms with Gasteiger partial charge in [0, 0.05) is 36.5 Å². The Morgan fingerprint density at radius 2 is 1.06 bits per heavy atom. The number of aromatic nitrogens is 2. The molecule has 36 heteroatoms. The molecule has 6 saturated carbocycles. The Balaban J connectivity index is 0.000000234. The van der Waals surface area contributed by atoms with Gasteiger partial charge >= 0.3 is 17.9 Å². The molecule has 26 nitrogen and oxygen atoms in total. The van der Waals surface area contributed by atoms with Gasteiger partial charge in [0.15, 0.2) is 23.3 Å². The summed E-state index contributed by atoms with van der Waals surface area (Å²) in [6, 6.07) is 7.57. The first-order chi connectivity index (χ1) is 56.1. The minimum Gasteiger partial charge on any atom is -0.473 e. The molecule has 0 radical (unpaired) electrons. The van der Waals surface area contributed by atoms with Crippen molar-refractivity contribution in [2.45, 2.75) is 276 Å². The number of nitriles is 2. The quantitative estimate of drug-likeness (QED) is 0.0681. The van der Waals surface area contributed by atoms with Gasteiger partial charge in [-0.2, -0.15) is 28.1 Å². The predicted molar refractivity (Wildman–Crippen MR) is 430 cm³/mol. The van der Waals surface area contributed by atoms with E-state index in [-0.39, 0.29) is 131 Å². The Kier molecular flexibility index (Phi) is 26.1. The lowest BCUT2D eigenvalue weighted by atomic mass is 9.77. The van der Waals surface area contributed by atoms with Crippen molar-refractivity contribution in [1.29, 1.82) is 10.5 Å². The minimum atomic E-state index is -4.28. The smallest absolute Gasteiger partial charge is 0.313 e. The minimum absolute atomic E-state index is 0. The van der Waals surface area contributed by atoms with Gasteiger partial charge in [-0.05, 0) is 175 Å². The normalized spacial score (nSPS) is 32.2. The summed E-state index contributed by atoms with van der Waals surface area (Å²) >= 11 is 0. The molecular formula is C86H108F8N10O16S2. The number of allylic oxidation sites excluding steroid dienone is 3. The molecule has 1 aromatic heterocycles. The first kappa shape index (κ1) is 93.5. The molecule has 2 saturated heterocycles. The second kappa shape index (κ2) is 34.0. The third-order valence-corrected chi connectivity index (χ3v) is 30.8. The summed E-state index contributed by atoms with van der Waals surface area (Å²) in [7, 11) is -8.56. The van der Waals surface area contributed by atoms with Crippen LogP contribution in [-0.2, 0) is 78.5 Å². The van der Waals surface area contributed by atoms with Crippen molar-refractivity contribution in [2.24, 2.45) is 74.0 Å². The first-order valence-electron chi connectivity index (χ1n) is 40.9. The van der Waals surface area contributed by atoms with Crippen molar-refractivity contribution in [3.63, 3.8) is 0 Å². The van der Waals surface area contributed by atoms with Gasteiger partial charge in [-0.1, -0.05) is 82.4 Å². The van der Waals surface area contributed by atoms with E-state index < -0.39 is 251 Å². The SMILES string of the molecule is C.C.CC[C@@H]1[C@@H]2CN(C(=O)[C@H](C(C)(C)C)CC(=O)O[C@@H]3C[C@H]3CC/C=C/C(F)(F)C3Nc4ccc(C#N)cc4N=C3O2)[C@@H]1C(=O)C[C@]1(C(=O)NS(=O)(=O)C2(C)CC2)C[C@H]1C(F)F.CC[C@@H]1[C@@H]2CN(C(=O)[C@H](C(C)(C)C)CC(=O)O[C@@H]3C[C@H]3CC/C=C/C(F)(F)c3nc4ccc(C#N)cc4nc3O2)[C@@H]1C(=O)C[C@]1(C(=O)NS(=O)(=O)C2(C)CC2)C[C@H]1C(F)F. The first-order valence-corrected chi connectivity index (χ1v) is 43.9. The fraction of sp³-hybridized carbons (Fsp3) is 0.663. The highest BCUT2D eigenvalue weighted by molar-refractivity contribution is 7.92. The summed E-state index contributed by atoms with van der Waals surface area (Å²) in [6.07, 6.45) is -5.17. The lowest BCUT2D eigenvalue weighted by Crippen LogP contribution is -2.50. The number of sulfonamides is 2. The molecular weight excluding hydrogens is 1650 g/mol. The van der Waals surface area contributed by atoms with Crippen LogP contribution in [0.25, 0.3) is 11.0 Å². The van der Waals surface area contributed by atoms with Crippen LogP contribution in [0.1, 0.15) is 216 Å². The van der Waals surface area contributed by atoms with E-state index in [0.717, 1.165) is 6.08 Å². The number of hydrogen-bond donors (Lipinski definition) is 3. The third kappa shape index (κ3) is 18.8. The van der Waals surface area contributed by atoms with Gasteiger partial charge in [-0.15, -0.1) is 0 Å². The van der Waals surface area contributed by atoms with Crippen molar-refractivity contribution >= 4 is 95.5 Å². The number of fused-ring (bicyclic) bond motifs is 10. The average molecular weight is 1750 g/mol. The molecule has 122 heavy (non-hydrogen) atoms. The molecule has 3 aromatic rings. The summed E-state index contributed by atoms with van der Waals surface area (Å²) < 4.78 is 201. The van der Waals surface area contributed by atoms with Crippen LogP contribution >= 0.6 is 0 Å². The Labute approximate surface area is 705 Å². The summed E-state index contributed by atoms with van der Waals surface area (Å²) in [5.74, 6) is -22.8. The molecule has 4 amide bonds. The van der Waals surface area contributed by atoms with E-state index in [1.807, 2.05) is 21.6 Å². The number of esters is 2. The van der Waals surface area contributed by atoms with Gasteiger partial charge < -0.3 is 34.1 Å². The van der Waals surface area contributed by atoms with Crippen molar-refractivity contribution in [2.75, 3.05) is 18.4 Å². The number of carbonyl (C=O) groups is 8. The molecule has 6 heterocycles. The number of carbonyl (C=O) groups excluding carboxylic acids is 8. The molecule has 3 N–H and O–H groups in total. The standard InChI is InChI=1S/C42H51F4N5O8S.C42H49F4N5O8S.2CH4/c2*1-6-24-31-21-51(33(24)29(52)19-41(18-26(41)35(43)44)38(55)50-60(56,57)40(5)13-14-40)37(54)25(39(2,3)4)17-32(53)58-30-16-23(30)9-7-8-12-42(45,46)34-36(59-31)49-28-15-22(20-47)10-11-27(28)48-34;;/h8,10-12,15,23-26,30-31,33-35,48H,6-7,9,13-14,16-19,21H2,1-5H3,(H,50,55);8,10-12,15,23-26,30-31,33,35H,6-7,9,13-14,16-19,21H2,1-5H3,(H,50,55);2*1H4/b2*12-8+;;/t23-,24-,25-,26+,30-,31+,33+,34?,41-;23-,24-,25-,26+,30-,31+,33+,41-;;/m11../s1. The Hall–Kier alpha value is -9.19. The summed E-state index contributed by atoms with van der Waals surface area (Å²) in [5.41, 5.74) is -6.05. The number of nitrogens with zero attached hydrogens (tertiary/aromatic N) is 7. The molecule has 11 aliphatic rings. The second-order valence-electron chi connectivity index (χ2n) is 37.1. The van der Waals surface area contributed by atoms with E-state index in [1.165, 1.54) is 72.2 Å². The van der Waals surface area contributed by atoms with E-state index in [2.05, 4.69) is 20.3 Å². The maximum absolute atomic E-state index is 16.3. The predicted octanol–water partition coefficient (Wildman–Crippen LogP) is 13.6. The highest BCUT2D eigenvalue weighted by Gasteiger charge is 2.70. The fourth-order valence-electron chi connectivity index (χ4n) is 17.7. The number of ketones is 2. The molecule has 17 atom stereocenters. The summed E-state index contributed by atoms with van der Waals surface area (Å²) in [5, 5.41) is 21.9. The zero-order chi connectivity index (χ0) is 87.5. The van der Waals surface area contributed by atoms with Crippen LogP contribution in [0.4, 0.5) is 46.5 Å². The number of aliphatic imine (C=N–C) groups is 1. The largest absolute Gasteiger partial charge is 0.473 e. The number of anilines is 1. The van der Waals surface area contributed by atoms with Crippen molar-refractivity contribution in [1.82, 2.24) is 29.2 Å². The number of hydrogen-bond acceptors (Lipinski definition) is 22. The number of ether oxygens (including phenoxy) is 4. The lowest BCUT2D eigenvalue weighted by molar-refractivity contribution is -0.154. The average Bonchev–Trinajstić information content (AvgIpc) is 1.55. The van der Waals surface area contributed by atoms with Crippen molar-refractivity contribution < 1.29 is 109 Å². The third-order valence-electron chi connectivity index (χ3n) is 26.5. The zero-order valence-corrected chi connectivity index (χ0v) is 69.9. The molecule has 6 aliphatic carbocycles. The van der Waals surface area contributed by atoms with Crippen LogP contribution in [0.3, 0.4) is 0 Å². The molecule has 5 aliphatic heterocycles. The van der Waals surface area contributed by atoms with Crippen LogP contribution < -0.4 is 19.5 Å². The number of amides is 4. The second-order valence-corrected chi connectivity index (χ2v) is 41.5. The van der Waals surface area contributed by atoms with Crippen LogP contribution in [0, 0.1) is 91.7 Å². The maximum atomic E-state index is 16.3. The highest BCUT2D eigenvalue weighted by Crippen LogP contribution is 2.62. The van der Waals surface area contributed by atoms with Crippen LogP contribution in [0.15, 0.2) is 65.7 Å². The molecule has 2 aromatic carbocycles. The van der Waals surface area contributed by atoms with Gasteiger partial charge in [0.25, 0.3) is 5.92 Å². The highest BCUT2D eigenvalue weighted by atomic mass is 32.2. The van der Waals surface area contributed by atoms with E-state index in [9.17, 15) is 83.3 Å². The van der Waals surface area contributed by atoms with E-state index >= 15 is 17.6 Å². The number of rotatable bonds is 16. The Morgan fingerprint density at radius 3 is 1.48 bits per heavy atom. The molecule has 0 spiro atoms. The van der Waals surface area contributed by atoms with Gasteiger partial charge in [-0.25, -0.2) is 49.4 Å². The summed E-state index contributed by atoms with van der Waals surface area (Å²) in [4.78, 5) is 129. The van der Waals surface area contributed by atoms with E-state index in [0.29, 0.717) is 31.8 Å². The van der Waals surface area contributed by atoms with Crippen LogP contribution in [0.5, 0.6) is 5.88 Å². The zero-order valence-electron chi connectivity index (χ0n) is 68.2. The number of nitrogens with one attached hydrogen (secondary N) is 3. The van der Waals surface area contributed by atoms with Crippen LogP contribution in [-0.4, -0.2) is 174 Å². The van der Waals surface area contributed by atoms with Gasteiger partial charge in [0.1, 0.15) is 24.4 Å². The van der Waals surface area contributed by atoms with E-state index in [1.54, 1.807) is 55.4 Å². The van der Waals surface area contributed by atoms with Gasteiger partial charge in [0.2, 0.25) is 68.3 Å². The maximum Gasteiger partial charge on any atom is 0.313 e. The number of Topliss-reactive ketones (excluding diaryl/α,β-unsaturated/α-hetero) is 2. The number of halogens is 8. The fourth-order valence-corrected chi connectivity index (χ4v) is 20.3. The lowest BCUT2D eigenvalue weighted by Gasteiger charge is -2.35. The molecule has 1 unspecified atom stereocenters. The van der Waals surface area contributed by atoms with Crippen LogP contribution in [0.2, 0.25) is 0 Å². The number of alkyl halides is 8. The number of benzene rings is 2. The summed E-state index contributed by atoms with van der Waals surface area (Å²) in [6.45, 7) is 15.8. The molecule has 14 rings (SSSR count). The molecule has 4 bridgehead atoms. The van der Waals surface area contributed by atoms with Crippen molar-refractivity contribution in [3.8, 4) is 18.0 Å². The molecule has 666 valence electrons. The Bertz CT molecular complexity index is 5070. The van der Waals surface area contributed by atoms with Crippen molar-refractivity contribution in [3.05, 3.63) is 77.5 Å². The van der Waals surface area contributed by atoms with Gasteiger partial charge in [0.05, 0.1) is 116 Å². The Morgan fingerprint density at radius 1 is 0.615 bits per heavy atom. The monoisotopic (exact) mass is 1750 g/mol.